The van der Waals surface area contributed by atoms with E-state index in [-0.39, 0.29) is 24.4 Å². The second-order valence-corrected chi connectivity index (χ2v) is 8.96. The lowest BCUT2D eigenvalue weighted by Gasteiger charge is -2.22. The van der Waals surface area contributed by atoms with Gasteiger partial charge in [-0.1, -0.05) is 24.3 Å². The first-order valence-electron chi connectivity index (χ1n) is 12.0. The number of anilines is 2. The molecule has 3 aromatic carbocycles. The van der Waals surface area contributed by atoms with Gasteiger partial charge in [-0.05, 0) is 63.5 Å². The first-order chi connectivity index (χ1) is 18.1. The van der Waals surface area contributed by atoms with Gasteiger partial charge in [-0.25, -0.2) is 4.79 Å². The molecule has 38 heavy (non-hydrogen) atoms. The number of nitrogens with one attached hydrogen (secondary N) is 3. The summed E-state index contributed by atoms with van der Waals surface area (Å²) >= 11 is 0. The molecule has 0 aromatic heterocycles. The topological polar surface area (TPSA) is 150 Å². The fourth-order valence-corrected chi connectivity index (χ4v) is 3.82. The van der Waals surface area contributed by atoms with Crippen LogP contribution < -0.4 is 25.8 Å². The van der Waals surface area contributed by atoms with Crippen LogP contribution in [0.5, 0.6) is 11.5 Å². The van der Waals surface area contributed by atoms with Gasteiger partial charge in [0.05, 0.1) is 5.56 Å². The quantitative estimate of drug-likeness (QED) is 0.170. The lowest BCUT2D eigenvalue weighted by molar-refractivity contribution is -0.139. The number of hydrogen-bond donors (Lipinski definition) is 5. The molecule has 0 radical (unpaired) electrons. The minimum atomic E-state index is -1.10. The van der Waals surface area contributed by atoms with Crippen molar-refractivity contribution in [3.8, 4) is 11.5 Å². The maximum absolute atomic E-state index is 13.0. The fourth-order valence-electron chi connectivity index (χ4n) is 3.82. The number of rotatable bonds is 13. The molecule has 0 aliphatic rings. The summed E-state index contributed by atoms with van der Waals surface area (Å²) in [5, 5.41) is 22.8. The molecule has 6 N–H and O–H groups in total. The maximum Gasteiger partial charge on any atom is 0.341 e. The Balaban J connectivity index is 1.79. The molecule has 1 amide bonds. The Kier molecular flexibility index (Phi) is 9.66. The first-order valence-corrected chi connectivity index (χ1v) is 12.0. The van der Waals surface area contributed by atoms with E-state index in [1.807, 2.05) is 44.1 Å². The van der Waals surface area contributed by atoms with Crippen molar-refractivity contribution >= 4 is 29.1 Å². The standard InChI is InChI=1S/C28H33N5O5/c1-18(16-33(2)3)38-24-10-6-7-20(26(24)37-17-25(34)35)15-31-23-9-5-4-8-22(23)28(36)32-21-13-11-19(12-14-21)27(29)30/h4-14,18,31H,15-17H2,1-3H3,(H3,29,30)(H,32,36)(H,34,35). The van der Waals surface area contributed by atoms with Crippen LogP contribution in [0.1, 0.15) is 28.4 Å². The van der Waals surface area contributed by atoms with Crippen LogP contribution in [-0.2, 0) is 11.3 Å². The van der Waals surface area contributed by atoms with E-state index >= 15 is 0 Å². The molecule has 3 rings (SSSR count). The summed E-state index contributed by atoms with van der Waals surface area (Å²) in [7, 11) is 3.88. The molecule has 1 atom stereocenters. The number of carbonyl (C=O) groups is 2. The van der Waals surface area contributed by atoms with Crippen molar-refractivity contribution < 1.29 is 24.2 Å². The number of hydrogen-bond acceptors (Lipinski definition) is 7. The molecular formula is C28H33N5O5. The van der Waals surface area contributed by atoms with Crippen LogP contribution in [0.4, 0.5) is 11.4 Å². The maximum atomic E-state index is 13.0. The molecule has 0 saturated heterocycles. The Morgan fingerprint density at radius 3 is 2.42 bits per heavy atom. The second kappa shape index (κ2) is 13.1. The lowest BCUT2D eigenvalue weighted by atomic mass is 10.1. The molecule has 0 bridgehead atoms. The average Bonchev–Trinajstić information content (AvgIpc) is 2.86. The smallest absolute Gasteiger partial charge is 0.341 e. The number of likely N-dealkylation sites (N-methyl/N-ethyl adjacent to an activating group) is 1. The van der Waals surface area contributed by atoms with Crippen LogP contribution in [0, 0.1) is 5.41 Å². The van der Waals surface area contributed by atoms with Crippen LogP contribution in [-0.4, -0.2) is 61.1 Å². The number of aliphatic carboxylic acids is 1. The SMILES string of the molecule is CC(CN(C)C)Oc1cccc(CNc2ccccc2C(=O)Nc2ccc(C(=N)N)cc2)c1OCC(=O)O. The molecule has 1 unspecified atom stereocenters. The molecule has 3 aromatic rings. The summed E-state index contributed by atoms with van der Waals surface area (Å²) in [5.74, 6) is -0.690. The number of carbonyl (C=O) groups excluding carboxylic acids is 1. The Bertz CT molecular complexity index is 1280. The van der Waals surface area contributed by atoms with Gasteiger partial charge in [0, 0.05) is 35.6 Å². The van der Waals surface area contributed by atoms with Crippen molar-refractivity contribution in [1.29, 1.82) is 5.41 Å². The van der Waals surface area contributed by atoms with E-state index in [2.05, 4.69) is 10.6 Å². The van der Waals surface area contributed by atoms with Crippen molar-refractivity contribution in [2.45, 2.75) is 19.6 Å². The molecule has 0 aliphatic heterocycles. The zero-order valence-electron chi connectivity index (χ0n) is 21.7. The molecule has 0 aliphatic carbocycles. The Morgan fingerprint density at radius 2 is 1.76 bits per heavy atom. The summed E-state index contributed by atoms with van der Waals surface area (Å²) in [6.07, 6.45) is -0.158. The number of para-hydroxylation sites is 2. The highest BCUT2D eigenvalue weighted by Gasteiger charge is 2.17. The van der Waals surface area contributed by atoms with Gasteiger partial charge in [-0.2, -0.15) is 0 Å². The van der Waals surface area contributed by atoms with Crippen molar-refractivity contribution in [1.82, 2.24) is 4.90 Å². The molecule has 10 nitrogen and oxygen atoms in total. The highest BCUT2D eigenvalue weighted by Crippen LogP contribution is 2.33. The number of nitrogens with zero attached hydrogens (tertiary/aromatic N) is 1. The number of carboxylic acid groups (broad SMARTS) is 1. The van der Waals surface area contributed by atoms with Crippen LogP contribution in [0.25, 0.3) is 0 Å². The Morgan fingerprint density at radius 1 is 1.05 bits per heavy atom. The third kappa shape index (κ3) is 7.97. The number of amidine groups is 1. The fraction of sp³-hybridized carbons (Fsp3) is 0.250. The molecule has 0 saturated carbocycles. The average molecular weight is 520 g/mol. The van der Waals surface area contributed by atoms with Gasteiger partial charge in [0.15, 0.2) is 18.1 Å². The zero-order valence-corrected chi connectivity index (χ0v) is 21.7. The van der Waals surface area contributed by atoms with Gasteiger partial charge in [-0.15, -0.1) is 0 Å². The number of carboxylic acids is 1. The van der Waals surface area contributed by atoms with E-state index < -0.39 is 12.6 Å². The third-order valence-corrected chi connectivity index (χ3v) is 5.45. The minimum Gasteiger partial charge on any atom is -0.485 e. The van der Waals surface area contributed by atoms with Crippen LogP contribution in [0.3, 0.4) is 0 Å². The second-order valence-electron chi connectivity index (χ2n) is 8.96. The molecular weight excluding hydrogens is 486 g/mol. The van der Waals surface area contributed by atoms with E-state index in [4.69, 9.17) is 20.6 Å². The number of nitrogen functional groups attached to an aromatic ring is 1. The highest BCUT2D eigenvalue weighted by molar-refractivity contribution is 6.08. The zero-order chi connectivity index (χ0) is 27.7. The minimum absolute atomic E-state index is 0.0502. The Hall–Kier alpha value is -4.57. The van der Waals surface area contributed by atoms with E-state index in [1.165, 1.54) is 0 Å². The number of benzene rings is 3. The molecule has 10 heteroatoms. The molecule has 0 fully saturated rings. The molecule has 200 valence electrons. The summed E-state index contributed by atoms with van der Waals surface area (Å²) in [6.45, 7) is 2.33. The predicted octanol–water partition coefficient (Wildman–Crippen LogP) is 3.63. The van der Waals surface area contributed by atoms with Crippen LogP contribution in [0.15, 0.2) is 66.7 Å². The molecule has 0 spiro atoms. The predicted molar refractivity (Wildman–Crippen MR) is 147 cm³/mol. The van der Waals surface area contributed by atoms with Gasteiger partial charge >= 0.3 is 5.97 Å². The van der Waals surface area contributed by atoms with E-state index in [1.54, 1.807) is 48.5 Å². The van der Waals surface area contributed by atoms with E-state index in [9.17, 15) is 14.7 Å². The van der Waals surface area contributed by atoms with E-state index in [0.29, 0.717) is 46.1 Å². The van der Waals surface area contributed by atoms with Gasteiger partial charge in [0.2, 0.25) is 0 Å². The third-order valence-electron chi connectivity index (χ3n) is 5.45. The summed E-state index contributed by atoms with van der Waals surface area (Å²) in [4.78, 5) is 26.2. The first kappa shape index (κ1) is 28.0. The number of nitrogens with two attached hydrogens (primary N) is 1. The monoisotopic (exact) mass is 519 g/mol. The van der Waals surface area contributed by atoms with Crippen LogP contribution >= 0.6 is 0 Å². The van der Waals surface area contributed by atoms with Crippen molar-refractivity contribution in [3.05, 3.63) is 83.4 Å². The Labute approximate surface area is 221 Å². The van der Waals surface area contributed by atoms with Gasteiger partial charge < -0.3 is 35.8 Å². The summed E-state index contributed by atoms with van der Waals surface area (Å²) in [6, 6.07) is 19.1. The van der Waals surface area contributed by atoms with Gasteiger partial charge in [0.1, 0.15) is 11.9 Å². The highest BCUT2D eigenvalue weighted by atomic mass is 16.5. The van der Waals surface area contributed by atoms with Crippen molar-refractivity contribution in [2.24, 2.45) is 5.73 Å². The van der Waals surface area contributed by atoms with Crippen molar-refractivity contribution in [3.63, 3.8) is 0 Å². The molecule has 0 heterocycles. The van der Waals surface area contributed by atoms with Crippen LogP contribution in [0.2, 0.25) is 0 Å². The van der Waals surface area contributed by atoms with Crippen molar-refractivity contribution in [2.75, 3.05) is 37.9 Å². The summed E-state index contributed by atoms with van der Waals surface area (Å²) in [5.41, 5.74) is 8.30. The number of ether oxygens (including phenoxy) is 2. The van der Waals surface area contributed by atoms with Gasteiger partial charge in [-0.3, -0.25) is 10.2 Å². The normalized spacial score (nSPS) is 11.5. The van der Waals surface area contributed by atoms with E-state index in [0.717, 1.165) is 0 Å². The summed E-state index contributed by atoms with van der Waals surface area (Å²) < 4.78 is 11.7. The lowest BCUT2D eigenvalue weighted by Crippen LogP contribution is -2.28. The van der Waals surface area contributed by atoms with Gasteiger partial charge in [0.25, 0.3) is 5.91 Å². The number of amides is 1. The largest absolute Gasteiger partial charge is 0.485 e.